The molecule has 1 rings (SSSR count). The van der Waals surface area contributed by atoms with E-state index in [2.05, 4.69) is 4.74 Å². The third-order valence-corrected chi connectivity index (χ3v) is 1.00. The number of hydrogen-bond acceptors (Lipinski definition) is 2. The average Bonchev–Trinajstić information content (AvgIpc) is 1.77. The lowest BCUT2D eigenvalue weighted by molar-refractivity contribution is 0.0893. The van der Waals surface area contributed by atoms with Gasteiger partial charge in [0.2, 0.25) is 0 Å². The fraction of sp³-hybridized carbons (Fsp3) is 0.600. The van der Waals surface area contributed by atoms with E-state index in [-0.39, 0.29) is 0 Å². The normalized spacial score (nSPS) is 20.6. The number of nitrogens with zero attached hydrogens (tertiary/aromatic N) is 1. The molecule has 44 valence electrons. The molecule has 1 heterocycles. The van der Waals surface area contributed by atoms with E-state index in [1.807, 2.05) is 0 Å². The maximum absolute atomic E-state index is 10.4. The summed E-state index contributed by atoms with van der Waals surface area (Å²) >= 11 is 0. The van der Waals surface area contributed by atoms with Crippen LogP contribution in [0.2, 0.25) is 0 Å². The molecule has 1 aliphatic rings. The summed E-state index contributed by atoms with van der Waals surface area (Å²) < 4.78 is 4.55. The second-order valence-corrected chi connectivity index (χ2v) is 1.66. The maximum Gasteiger partial charge on any atom is 0.410 e. The summed E-state index contributed by atoms with van der Waals surface area (Å²) in [6.07, 6.45) is 0.415. The van der Waals surface area contributed by atoms with Crippen molar-refractivity contribution < 1.29 is 9.53 Å². The van der Waals surface area contributed by atoms with E-state index in [1.165, 1.54) is 0 Å². The first-order chi connectivity index (χ1) is 3.80. The average molecular weight is 113 g/mol. The van der Waals surface area contributed by atoms with Gasteiger partial charge in [-0.2, -0.15) is 0 Å². The highest BCUT2D eigenvalue weighted by Crippen LogP contribution is 2.00. The minimum atomic E-state index is -0.420. The number of amides is 1. The van der Waals surface area contributed by atoms with Crippen LogP contribution < -0.4 is 0 Å². The number of carbonyl (C=O) groups is 1. The van der Waals surface area contributed by atoms with Gasteiger partial charge in [0, 0.05) is 6.54 Å². The predicted octanol–water partition coefficient (Wildman–Crippen LogP) is 0.497. The minimum Gasteiger partial charge on any atom is -0.449 e. The van der Waals surface area contributed by atoms with Gasteiger partial charge in [-0.1, -0.05) is 0 Å². The second kappa shape index (κ2) is 2.03. The zero-order valence-corrected chi connectivity index (χ0v) is 4.46. The van der Waals surface area contributed by atoms with Crippen molar-refractivity contribution in [1.82, 2.24) is 4.90 Å². The Morgan fingerprint density at radius 2 is 2.50 bits per heavy atom. The Hall–Kier alpha value is -0.730. The quantitative estimate of drug-likeness (QED) is 0.457. The van der Waals surface area contributed by atoms with Crippen LogP contribution in [0, 0.1) is 7.05 Å². The smallest absolute Gasteiger partial charge is 0.410 e. The van der Waals surface area contributed by atoms with Crippen molar-refractivity contribution in [2.24, 2.45) is 0 Å². The first-order valence-corrected chi connectivity index (χ1v) is 2.49. The van der Waals surface area contributed by atoms with Gasteiger partial charge in [0.1, 0.15) is 0 Å². The standard InChI is InChI=1S/C5H7NO2/c1-6-3-2-4-8-5(6)7/h1H,2-4H2. The summed E-state index contributed by atoms with van der Waals surface area (Å²) in [6.45, 7) is 1.12. The molecule has 0 bridgehead atoms. The van der Waals surface area contributed by atoms with Crippen molar-refractivity contribution in [1.29, 1.82) is 0 Å². The highest BCUT2D eigenvalue weighted by atomic mass is 16.6. The Kier molecular flexibility index (Phi) is 1.37. The summed E-state index contributed by atoms with van der Waals surface area (Å²) in [6, 6.07) is 0. The Balaban J connectivity index is 2.39. The molecule has 8 heavy (non-hydrogen) atoms. The van der Waals surface area contributed by atoms with Crippen LogP contribution in [-0.2, 0) is 4.74 Å². The second-order valence-electron chi connectivity index (χ2n) is 1.66. The van der Waals surface area contributed by atoms with Gasteiger partial charge in [-0.15, -0.1) is 0 Å². The number of ether oxygens (including phenoxy) is 1. The third-order valence-electron chi connectivity index (χ3n) is 1.00. The van der Waals surface area contributed by atoms with E-state index >= 15 is 0 Å². The Labute approximate surface area is 48.2 Å². The molecule has 0 aromatic carbocycles. The molecule has 0 atom stereocenters. The minimum absolute atomic E-state index is 0.420. The van der Waals surface area contributed by atoms with Gasteiger partial charge in [-0.25, -0.2) is 4.79 Å². The number of cyclic esters (lactones) is 1. The van der Waals surface area contributed by atoms with Gasteiger partial charge in [0.05, 0.1) is 13.7 Å². The van der Waals surface area contributed by atoms with Crippen molar-refractivity contribution in [2.45, 2.75) is 6.42 Å². The van der Waals surface area contributed by atoms with E-state index in [0.29, 0.717) is 13.2 Å². The van der Waals surface area contributed by atoms with E-state index in [0.717, 1.165) is 11.3 Å². The first kappa shape index (κ1) is 5.41. The van der Waals surface area contributed by atoms with Crippen molar-refractivity contribution in [3.8, 4) is 0 Å². The van der Waals surface area contributed by atoms with Crippen LogP contribution in [0.3, 0.4) is 0 Å². The molecule has 3 nitrogen and oxygen atoms in total. The lowest BCUT2D eigenvalue weighted by atomic mass is 10.4. The molecule has 0 N–H and O–H groups in total. The summed E-state index contributed by atoms with van der Waals surface area (Å²) in [5.41, 5.74) is 0. The molecule has 0 saturated carbocycles. The summed E-state index contributed by atoms with van der Waals surface area (Å²) in [4.78, 5) is 11.4. The van der Waals surface area contributed by atoms with Crippen LogP contribution in [0.15, 0.2) is 0 Å². The fourth-order valence-corrected chi connectivity index (χ4v) is 0.569. The Morgan fingerprint density at radius 1 is 1.75 bits per heavy atom. The maximum atomic E-state index is 10.4. The SMILES string of the molecule is [CH]N1CCCOC1=O. The monoisotopic (exact) mass is 113 g/mol. The van der Waals surface area contributed by atoms with Crippen LogP contribution >= 0.6 is 0 Å². The molecule has 3 heteroatoms. The number of carbonyl (C=O) groups excluding carboxylic acids is 1. The molecule has 1 aliphatic heterocycles. The van der Waals surface area contributed by atoms with Crippen LogP contribution in [0.1, 0.15) is 6.42 Å². The molecule has 0 aromatic heterocycles. The zero-order valence-electron chi connectivity index (χ0n) is 4.46. The molecule has 0 unspecified atom stereocenters. The van der Waals surface area contributed by atoms with Crippen LogP contribution in [0.25, 0.3) is 0 Å². The first-order valence-electron chi connectivity index (χ1n) is 2.49. The van der Waals surface area contributed by atoms with Crippen LogP contribution in [0.5, 0.6) is 0 Å². The van der Waals surface area contributed by atoms with Crippen molar-refractivity contribution in [3.63, 3.8) is 0 Å². The van der Waals surface area contributed by atoms with Crippen molar-refractivity contribution in [3.05, 3.63) is 7.05 Å². The molecule has 0 spiro atoms. The molecular formula is C5H7NO2. The van der Waals surface area contributed by atoms with E-state index < -0.39 is 6.09 Å². The highest BCUT2D eigenvalue weighted by molar-refractivity contribution is 5.68. The van der Waals surface area contributed by atoms with E-state index in [9.17, 15) is 4.79 Å². The Bertz CT molecular complexity index is 103. The summed E-state index contributed by atoms with van der Waals surface area (Å²) in [7, 11) is 5.14. The van der Waals surface area contributed by atoms with Crippen molar-refractivity contribution in [2.75, 3.05) is 13.2 Å². The molecule has 1 saturated heterocycles. The Morgan fingerprint density at radius 3 is 2.88 bits per heavy atom. The molecule has 1 amide bonds. The fourth-order valence-electron chi connectivity index (χ4n) is 0.569. The molecular weight excluding hydrogens is 106 g/mol. The summed E-state index contributed by atoms with van der Waals surface area (Å²) in [5.74, 6) is 0. The lowest BCUT2D eigenvalue weighted by Crippen LogP contribution is -2.32. The molecule has 0 aliphatic carbocycles. The van der Waals surface area contributed by atoms with Crippen LogP contribution in [-0.4, -0.2) is 24.1 Å². The van der Waals surface area contributed by atoms with Gasteiger partial charge in [-0.05, 0) is 6.42 Å². The number of hydrogen-bond donors (Lipinski definition) is 0. The van der Waals surface area contributed by atoms with Gasteiger partial charge in [-0.3, -0.25) is 0 Å². The van der Waals surface area contributed by atoms with Gasteiger partial charge in [0.25, 0.3) is 0 Å². The van der Waals surface area contributed by atoms with Gasteiger partial charge in [0.15, 0.2) is 0 Å². The largest absolute Gasteiger partial charge is 0.449 e. The molecule has 2 radical (unpaired) electrons. The predicted molar refractivity (Wildman–Crippen MR) is 27.0 cm³/mol. The third kappa shape index (κ3) is 0.911. The number of rotatable bonds is 0. The molecule has 0 aromatic rings. The highest BCUT2D eigenvalue weighted by Gasteiger charge is 2.13. The van der Waals surface area contributed by atoms with E-state index in [1.54, 1.807) is 0 Å². The van der Waals surface area contributed by atoms with Gasteiger partial charge < -0.3 is 9.64 Å². The van der Waals surface area contributed by atoms with Crippen molar-refractivity contribution >= 4 is 6.09 Å². The summed E-state index contributed by atoms with van der Waals surface area (Å²) in [5, 5.41) is 0. The van der Waals surface area contributed by atoms with Gasteiger partial charge >= 0.3 is 6.09 Å². The lowest BCUT2D eigenvalue weighted by Gasteiger charge is -2.20. The van der Waals surface area contributed by atoms with Crippen LogP contribution in [0.4, 0.5) is 4.79 Å². The topological polar surface area (TPSA) is 29.5 Å². The van der Waals surface area contributed by atoms with E-state index in [4.69, 9.17) is 7.05 Å². The molecule has 1 fully saturated rings. The zero-order chi connectivity index (χ0) is 5.98.